The van der Waals surface area contributed by atoms with E-state index in [9.17, 15) is 0 Å². The van der Waals surface area contributed by atoms with Crippen LogP contribution in [0.2, 0.25) is 0 Å². The van der Waals surface area contributed by atoms with Crippen molar-refractivity contribution in [3.63, 3.8) is 0 Å². The number of benzene rings is 7. The molecule has 0 N–H and O–H groups in total. The Morgan fingerprint density at radius 3 is 1.85 bits per heavy atom. The van der Waals surface area contributed by atoms with Crippen molar-refractivity contribution >= 4 is 38.9 Å². The van der Waals surface area contributed by atoms with E-state index in [0.717, 1.165) is 35.0 Å². The van der Waals surface area contributed by atoms with Crippen molar-refractivity contribution in [3.05, 3.63) is 181 Å². The molecular weight excluding hydrogens is 653 g/mol. The van der Waals surface area contributed by atoms with Crippen LogP contribution < -0.4 is 4.90 Å². The van der Waals surface area contributed by atoms with E-state index < -0.39 is 0 Å². The number of para-hydroxylation sites is 2. The minimum atomic E-state index is 0.158. The van der Waals surface area contributed by atoms with Crippen LogP contribution in [0.5, 0.6) is 0 Å². The summed E-state index contributed by atoms with van der Waals surface area (Å²) in [6.07, 6.45) is 7.07. The molecular formula is C52H42N2. The Labute approximate surface area is 317 Å². The van der Waals surface area contributed by atoms with E-state index >= 15 is 0 Å². The van der Waals surface area contributed by atoms with E-state index in [1.165, 1.54) is 87.5 Å². The zero-order valence-corrected chi connectivity index (χ0v) is 30.4. The molecule has 1 aromatic heterocycles. The van der Waals surface area contributed by atoms with Crippen molar-refractivity contribution in [2.24, 2.45) is 23.7 Å². The van der Waals surface area contributed by atoms with E-state index in [1.807, 2.05) is 0 Å². The standard InChI is InChI=1S/C52H42N2/c1-3-12-36(13-4-1)37-14-11-17-41(31-37)53(43-22-24-46-45-19-8-10-21-50(45)54(51(46)33-43)40-15-5-2-6-16-40)42-23-25-49-47(32-42)44-18-7-9-20-48(44)52(49)38-27-34-26-35(29-38)30-39(52)28-34/h1-25,31-35,38-39H,26-30H2. The maximum absolute atomic E-state index is 2.56. The van der Waals surface area contributed by atoms with Crippen LogP contribution in [0.15, 0.2) is 170 Å². The van der Waals surface area contributed by atoms with Crippen LogP contribution in [0.1, 0.15) is 43.2 Å². The smallest absolute Gasteiger partial charge is 0.0561 e. The first kappa shape index (κ1) is 30.6. The number of anilines is 3. The molecule has 5 aliphatic rings. The highest BCUT2D eigenvalue weighted by Gasteiger charge is 2.61. The summed E-state index contributed by atoms with van der Waals surface area (Å²) in [6, 6.07) is 63.7. The second-order valence-corrected chi connectivity index (χ2v) is 16.6. The van der Waals surface area contributed by atoms with Gasteiger partial charge in [0.05, 0.1) is 11.0 Å². The topological polar surface area (TPSA) is 8.17 Å². The van der Waals surface area contributed by atoms with E-state index in [1.54, 1.807) is 11.1 Å². The van der Waals surface area contributed by atoms with Gasteiger partial charge in [0.25, 0.3) is 0 Å². The van der Waals surface area contributed by atoms with Crippen molar-refractivity contribution in [2.45, 2.75) is 37.5 Å². The number of rotatable bonds is 5. The van der Waals surface area contributed by atoms with E-state index in [2.05, 4.69) is 179 Å². The monoisotopic (exact) mass is 694 g/mol. The maximum Gasteiger partial charge on any atom is 0.0561 e. The van der Waals surface area contributed by atoms with Crippen molar-refractivity contribution < 1.29 is 0 Å². The molecule has 4 fully saturated rings. The largest absolute Gasteiger partial charge is 0.310 e. The van der Waals surface area contributed by atoms with Gasteiger partial charge < -0.3 is 9.47 Å². The van der Waals surface area contributed by atoms with Crippen LogP contribution in [-0.2, 0) is 5.41 Å². The molecule has 260 valence electrons. The SMILES string of the molecule is c1ccc(-c2cccc(N(c3ccc4c(c3)-c3ccccc3C43C4CC5CC(C4)CC3C5)c3ccc4c5ccccc5n(-c5ccccc5)c4c3)c2)cc1. The molecule has 0 unspecified atom stereocenters. The minimum Gasteiger partial charge on any atom is -0.310 e. The van der Waals surface area contributed by atoms with Crippen LogP contribution in [0.3, 0.4) is 0 Å². The van der Waals surface area contributed by atoms with E-state index in [0.29, 0.717) is 0 Å². The van der Waals surface area contributed by atoms with Gasteiger partial charge in [0.2, 0.25) is 0 Å². The van der Waals surface area contributed by atoms with Gasteiger partial charge in [-0.2, -0.15) is 0 Å². The summed E-state index contributed by atoms with van der Waals surface area (Å²) in [6.45, 7) is 0. The first-order chi connectivity index (χ1) is 26.7. The van der Waals surface area contributed by atoms with Crippen molar-refractivity contribution in [3.8, 4) is 27.9 Å². The number of aromatic nitrogens is 1. The maximum atomic E-state index is 2.56. The molecule has 0 radical (unpaired) electrons. The average Bonchev–Trinajstić information content (AvgIpc) is 3.71. The lowest BCUT2D eigenvalue weighted by molar-refractivity contribution is -0.0399. The van der Waals surface area contributed by atoms with Gasteiger partial charge in [0.15, 0.2) is 0 Å². The predicted molar refractivity (Wildman–Crippen MR) is 224 cm³/mol. The van der Waals surface area contributed by atoms with Crippen LogP contribution >= 0.6 is 0 Å². The fraction of sp³-hybridized carbons (Fsp3) is 0.192. The third kappa shape index (κ3) is 4.28. The Morgan fingerprint density at radius 2 is 1.04 bits per heavy atom. The van der Waals surface area contributed by atoms with E-state index in [-0.39, 0.29) is 5.41 Å². The summed E-state index contributed by atoms with van der Waals surface area (Å²) in [5.41, 5.74) is 15.8. The molecule has 7 aromatic carbocycles. The van der Waals surface area contributed by atoms with Crippen molar-refractivity contribution in [1.82, 2.24) is 4.57 Å². The van der Waals surface area contributed by atoms with Gasteiger partial charge >= 0.3 is 0 Å². The lowest BCUT2D eigenvalue weighted by Crippen LogP contribution is -2.55. The third-order valence-electron chi connectivity index (χ3n) is 13.9. The summed E-state index contributed by atoms with van der Waals surface area (Å²) in [5, 5.41) is 2.54. The first-order valence-corrected chi connectivity index (χ1v) is 20.0. The zero-order chi connectivity index (χ0) is 35.4. The first-order valence-electron chi connectivity index (χ1n) is 20.0. The van der Waals surface area contributed by atoms with Crippen molar-refractivity contribution in [2.75, 3.05) is 4.90 Å². The van der Waals surface area contributed by atoms with Gasteiger partial charge in [-0.25, -0.2) is 0 Å². The van der Waals surface area contributed by atoms with Gasteiger partial charge in [0, 0.05) is 38.9 Å². The molecule has 2 nitrogen and oxygen atoms in total. The highest BCUT2D eigenvalue weighted by Crippen LogP contribution is 2.69. The molecule has 2 heteroatoms. The Balaban J connectivity index is 1.09. The summed E-state index contributed by atoms with van der Waals surface area (Å²) >= 11 is 0. The molecule has 1 heterocycles. The molecule has 13 rings (SSSR count). The number of nitrogens with zero attached hydrogens (tertiary/aromatic N) is 2. The van der Waals surface area contributed by atoms with E-state index in [4.69, 9.17) is 0 Å². The summed E-state index contributed by atoms with van der Waals surface area (Å²) < 4.78 is 2.43. The summed E-state index contributed by atoms with van der Waals surface area (Å²) in [4.78, 5) is 2.50. The molecule has 0 atom stereocenters. The molecule has 8 aromatic rings. The van der Waals surface area contributed by atoms with Crippen molar-refractivity contribution in [1.29, 1.82) is 0 Å². The quantitative estimate of drug-likeness (QED) is 0.174. The number of hydrogen-bond acceptors (Lipinski definition) is 1. The fourth-order valence-electron chi connectivity index (χ4n) is 12.1. The highest BCUT2D eigenvalue weighted by atomic mass is 15.1. The summed E-state index contributed by atoms with van der Waals surface area (Å²) in [7, 11) is 0. The Morgan fingerprint density at radius 1 is 0.426 bits per heavy atom. The minimum absolute atomic E-state index is 0.158. The molecule has 4 bridgehead atoms. The van der Waals surface area contributed by atoms with Crippen LogP contribution in [-0.4, -0.2) is 4.57 Å². The van der Waals surface area contributed by atoms with Gasteiger partial charge in [-0.3, -0.25) is 0 Å². The van der Waals surface area contributed by atoms with Gasteiger partial charge in [-0.1, -0.05) is 115 Å². The number of fused-ring (bicyclic) bond motifs is 6. The molecule has 54 heavy (non-hydrogen) atoms. The van der Waals surface area contributed by atoms with Crippen LogP contribution in [0, 0.1) is 23.7 Å². The van der Waals surface area contributed by atoms with Crippen LogP contribution in [0.25, 0.3) is 49.7 Å². The molecule has 0 amide bonds. The Hall–Kier alpha value is -5.86. The molecule has 0 aliphatic heterocycles. The van der Waals surface area contributed by atoms with Gasteiger partial charge in [-0.15, -0.1) is 0 Å². The second kappa shape index (κ2) is 11.6. The normalized spacial score (nSPS) is 23.3. The fourth-order valence-corrected chi connectivity index (χ4v) is 12.1. The third-order valence-corrected chi connectivity index (χ3v) is 13.9. The molecule has 1 spiro atoms. The highest BCUT2D eigenvalue weighted by molar-refractivity contribution is 6.10. The molecule has 5 aliphatic carbocycles. The zero-order valence-electron chi connectivity index (χ0n) is 30.4. The summed E-state index contributed by atoms with van der Waals surface area (Å²) in [5.74, 6) is 3.37. The molecule has 4 saturated carbocycles. The number of hydrogen-bond donors (Lipinski definition) is 0. The lowest BCUT2D eigenvalue weighted by Gasteiger charge is -2.61. The second-order valence-electron chi connectivity index (χ2n) is 16.6. The Kier molecular flexibility index (Phi) is 6.55. The average molecular weight is 695 g/mol. The Bertz CT molecular complexity index is 2710. The predicted octanol–water partition coefficient (Wildman–Crippen LogP) is 13.6. The van der Waals surface area contributed by atoms with Crippen LogP contribution in [0.4, 0.5) is 17.1 Å². The van der Waals surface area contributed by atoms with Gasteiger partial charge in [-0.05, 0) is 144 Å². The molecule has 0 saturated heterocycles. The van der Waals surface area contributed by atoms with Gasteiger partial charge in [0.1, 0.15) is 0 Å². The lowest BCUT2D eigenvalue weighted by atomic mass is 9.43.